The Morgan fingerprint density at radius 3 is 2.74 bits per heavy atom. The molecule has 1 atom stereocenters. The largest absolute Gasteiger partial charge is 0.483 e. The summed E-state index contributed by atoms with van der Waals surface area (Å²) in [5.74, 6) is 0.0187. The van der Waals surface area contributed by atoms with Crippen molar-refractivity contribution >= 4 is 5.91 Å². The predicted octanol–water partition coefficient (Wildman–Crippen LogP) is 1.42. The van der Waals surface area contributed by atoms with Crippen LogP contribution in [0, 0.1) is 13.8 Å². The Labute approximate surface area is 110 Å². The van der Waals surface area contributed by atoms with Gasteiger partial charge in [0.1, 0.15) is 11.9 Å². The highest BCUT2D eigenvalue weighted by atomic mass is 19.3. The van der Waals surface area contributed by atoms with Crippen molar-refractivity contribution in [1.29, 1.82) is 0 Å². The van der Waals surface area contributed by atoms with Gasteiger partial charge in [-0.3, -0.25) is 4.79 Å². The lowest BCUT2D eigenvalue weighted by Crippen LogP contribution is -2.38. The molecule has 1 rings (SSSR count). The van der Waals surface area contributed by atoms with Crippen LogP contribution in [0.4, 0.5) is 8.78 Å². The first kappa shape index (κ1) is 15.4. The zero-order valence-corrected chi connectivity index (χ0v) is 10.8. The fourth-order valence-electron chi connectivity index (χ4n) is 1.36. The molecule has 0 saturated heterocycles. The lowest BCUT2D eigenvalue weighted by molar-refractivity contribution is -0.124. The number of benzene rings is 1. The quantitative estimate of drug-likeness (QED) is 0.824. The number of carbonyl (C=O) groups is 1. The van der Waals surface area contributed by atoms with Crippen LogP contribution >= 0.6 is 0 Å². The molecule has 2 N–H and O–H groups in total. The Kier molecular flexibility index (Phi) is 5.69. The number of aliphatic hydroxyl groups is 1. The Morgan fingerprint density at radius 2 is 2.11 bits per heavy atom. The number of alkyl halides is 2. The molecule has 0 saturated carbocycles. The molecule has 4 nitrogen and oxygen atoms in total. The highest BCUT2D eigenvalue weighted by Crippen LogP contribution is 2.18. The highest BCUT2D eigenvalue weighted by molar-refractivity contribution is 5.77. The summed E-state index contributed by atoms with van der Waals surface area (Å²) in [6, 6.07) is 5.57. The molecule has 1 unspecified atom stereocenters. The molecule has 1 amide bonds. The van der Waals surface area contributed by atoms with Crippen LogP contribution in [0.3, 0.4) is 0 Å². The second-order valence-electron chi connectivity index (χ2n) is 4.26. The van der Waals surface area contributed by atoms with Crippen molar-refractivity contribution in [2.75, 3.05) is 13.2 Å². The molecule has 0 aromatic heterocycles. The Morgan fingerprint density at radius 1 is 1.42 bits per heavy atom. The van der Waals surface area contributed by atoms with Gasteiger partial charge in [-0.15, -0.1) is 0 Å². The number of amides is 1. The smallest absolute Gasteiger partial charge is 0.265 e. The summed E-state index contributed by atoms with van der Waals surface area (Å²) in [6.07, 6.45) is -4.73. The van der Waals surface area contributed by atoms with E-state index in [4.69, 9.17) is 9.84 Å². The van der Waals surface area contributed by atoms with E-state index in [9.17, 15) is 13.6 Å². The summed E-state index contributed by atoms with van der Waals surface area (Å²) in [7, 11) is 0. The molecular weight excluding hydrogens is 256 g/mol. The minimum atomic E-state index is -2.87. The second kappa shape index (κ2) is 7.04. The van der Waals surface area contributed by atoms with E-state index in [1.807, 2.05) is 26.0 Å². The third-order valence-corrected chi connectivity index (χ3v) is 2.50. The Bertz CT molecular complexity index is 438. The third-order valence-electron chi connectivity index (χ3n) is 2.50. The predicted molar refractivity (Wildman–Crippen MR) is 66.4 cm³/mol. The average Bonchev–Trinajstić information content (AvgIpc) is 2.36. The highest BCUT2D eigenvalue weighted by Gasteiger charge is 2.17. The SMILES string of the molecule is Cc1ccc(C)c(OCC(=O)NCC(O)C(F)F)c1. The molecule has 0 fully saturated rings. The van der Waals surface area contributed by atoms with Crippen LogP contribution in [0.15, 0.2) is 18.2 Å². The van der Waals surface area contributed by atoms with Crippen LogP contribution in [0.1, 0.15) is 11.1 Å². The number of carbonyl (C=O) groups excluding carboxylic acids is 1. The van der Waals surface area contributed by atoms with Gasteiger partial charge in [0.15, 0.2) is 6.61 Å². The van der Waals surface area contributed by atoms with Gasteiger partial charge in [-0.1, -0.05) is 12.1 Å². The van der Waals surface area contributed by atoms with Crippen LogP contribution in [0.5, 0.6) is 5.75 Å². The molecule has 0 aliphatic heterocycles. The first-order chi connectivity index (χ1) is 8.90. The van der Waals surface area contributed by atoms with Gasteiger partial charge in [0.05, 0.1) is 0 Å². The Balaban J connectivity index is 2.40. The van der Waals surface area contributed by atoms with Crippen molar-refractivity contribution in [2.45, 2.75) is 26.4 Å². The number of halogens is 2. The maximum atomic E-state index is 12.0. The van der Waals surface area contributed by atoms with Crippen molar-refractivity contribution in [2.24, 2.45) is 0 Å². The van der Waals surface area contributed by atoms with Crippen LogP contribution in [-0.2, 0) is 4.79 Å². The minimum absolute atomic E-state index is 0.278. The van der Waals surface area contributed by atoms with Crippen LogP contribution in [0.2, 0.25) is 0 Å². The second-order valence-corrected chi connectivity index (χ2v) is 4.26. The van der Waals surface area contributed by atoms with Gasteiger partial charge in [0, 0.05) is 6.54 Å². The van der Waals surface area contributed by atoms with E-state index in [1.165, 1.54) is 0 Å². The number of hydrogen-bond acceptors (Lipinski definition) is 3. The van der Waals surface area contributed by atoms with Gasteiger partial charge < -0.3 is 15.2 Å². The molecule has 0 aliphatic rings. The van der Waals surface area contributed by atoms with E-state index < -0.39 is 25.0 Å². The molecule has 6 heteroatoms. The summed E-state index contributed by atoms with van der Waals surface area (Å²) < 4.78 is 29.3. The standard InChI is InChI=1S/C13H17F2NO3/c1-8-3-4-9(2)11(5-8)19-7-12(18)16-6-10(17)13(14)15/h3-5,10,13,17H,6-7H2,1-2H3,(H,16,18). The van der Waals surface area contributed by atoms with E-state index in [-0.39, 0.29) is 6.61 Å². The number of aliphatic hydroxyl groups excluding tert-OH is 1. The third kappa shape index (κ3) is 5.21. The van der Waals surface area contributed by atoms with Gasteiger partial charge in [-0.05, 0) is 31.0 Å². The lowest BCUT2D eigenvalue weighted by Gasteiger charge is -2.12. The van der Waals surface area contributed by atoms with Gasteiger partial charge in [-0.2, -0.15) is 0 Å². The van der Waals surface area contributed by atoms with Crippen molar-refractivity contribution in [1.82, 2.24) is 5.32 Å². The van der Waals surface area contributed by atoms with Crippen LogP contribution < -0.4 is 10.1 Å². The van der Waals surface area contributed by atoms with Gasteiger partial charge in [0.2, 0.25) is 0 Å². The molecule has 0 aliphatic carbocycles. The fourth-order valence-corrected chi connectivity index (χ4v) is 1.36. The van der Waals surface area contributed by atoms with Crippen LogP contribution in [0.25, 0.3) is 0 Å². The average molecular weight is 273 g/mol. The van der Waals surface area contributed by atoms with E-state index >= 15 is 0 Å². The molecule has 1 aromatic rings. The first-order valence-corrected chi connectivity index (χ1v) is 5.83. The van der Waals surface area contributed by atoms with Crippen molar-refractivity contribution in [3.8, 4) is 5.75 Å². The van der Waals surface area contributed by atoms with Crippen molar-refractivity contribution < 1.29 is 23.4 Å². The fraction of sp³-hybridized carbons (Fsp3) is 0.462. The van der Waals surface area contributed by atoms with Gasteiger partial charge in [-0.25, -0.2) is 8.78 Å². The summed E-state index contributed by atoms with van der Waals surface area (Å²) >= 11 is 0. The molecule has 106 valence electrons. The zero-order valence-electron chi connectivity index (χ0n) is 10.8. The normalized spacial score (nSPS) is 12.3. The summed E-state index contributed by atoms with van der Waals surface area (Å²) in [6.45, 7) is 2.96. The maximum Gasteiger partial charge on any atom is 0.265 e. The number of hydrogen-bond donors (Lipinski definition) is 2. The van der Waals surface area contributed by atoms with Crippen LogP contribution in [-0.4, -0.2) is 36.7 Å². The molecule has 1 aromatic carbocycles. The monoisotopic (exact) mass is 273 g/mol. The summed E-state index contributed by atoms with van der Waals surface area (Å²) in [5.41, 5.74) is 1.88. The molecule has 0 spiro atoms. The van der Waals surface area contributed by atoms with Gasteiger partial charge in [0.25, 0.3) is 12.3 Å². The maximum absolute atomic E-state index is 12.0. The van der Waals surface area contributed by atoms with Gasteiger partial charge >= 0.3 is 0 Å². The number of aryl methyl sites for hydroxylation is 2. The van der Waals surface area contributed by atoms with E-state index in [2.05, 4.69) is 5.32 Å². The summed E-state index contributed by atoms with van der Waals surface area (Å²) in [5, 5.41) is 11.0. The molecule has 19 heavy (non-hydrogen) atoms. The minimum Gasteiger partial charge on any atom is -0.483 e. The Hall–Kier alpha value is -1.69. The van der Waals surface area contributed by atoms with Crippen molar-refractivity contribution in [3.63, 3.8) is 0 Å². The van der Waals surface area contributed by atoms with E-state index in [1.54, 1.807) is 6.07 Å². The number of rotatable bonds is 6. The van der Waals surface area contributed by atoms with E-state index in [0.29, 0.717) is 5.75 Å². The summed E-state index contributed by atoms with van der Waals surface area (Å²) in [4.78, 5) is 11.3. The van der Waals surface area contributed by atoms with Crippen molar-refractivity contribution in [3.05, 3.63) is 29.3 Å². The van der Waals surface area contributed by atoms with E-state index in [0.717, 1.165) is 11.1 Å². The number of ether oxygens (including phenoxy) is 1. The molecule has 0 bridgehead atoms. The molecular formula is C13H17F2NO3. The molecule has 0 heterocycles. The topological polar surface area (TPSA) is 58.6 Å². The zero-order chi connectivity index (χ0) is 14.4. The first-order valence-electron chi connectivity index (χ1n) is 5.83. The number of nitrogens with one attached hydrogen (secondary N) is 1. The molecule has 0 radical (unpaired) electrons. The lowest BCUT2D eigenvalue weighted by atomic mass is 10.1.